The zero-order valence-corrected chi connectivity index (χ0v) is 16.5. The molecule has 1 aliphatic heterocycles. The van der Waals surface area contributed by atoms with Crippen molar-refractivity contribution in [1.29, 1.82) is 0 Å². The van der Waals surface area contributed by atoms with E-state index in [1.54, 1.807) is 18.2 Å². The van der Waals surface area contributed by atoms with Crippen LogP contribution in [0.5, 0.6) is 0 Å². The molecule has 28 heavy (non-hydrogen) atoms. The molecule has 0 fully saturated rings. The van der Waals surface area contributed by atoms with Crippen LogP contribution in [-0.4, -0.2) is 36.6 Å². The zero-order chi connectivity index (χ0) is 20.4. The lowest BCUT2D eigenvalue weighted by molar-refractivity contribution is -0.384. The number of nitro groups is 1. The molecule has 2 aromatic carbocycles. The van der Waals surface area contributed by atoms with Crippen LogP contribution in [0, 0.1) is 10.1 Å². The minimum Gasteiger partial charge on any atom is -0.378 e. The molecule has 0 atom stereocenters. The molecular weight excluding hydrogens is 378 g/mol. The lowest BCUT2D eigenvalue weighted by Gasteiger charge is -2.19. The molecule has 0 bridgehead atoms. The van der Waals surface area contributed by atoms with E-state index in [0.29, 0.717) is 21.9 Å². The van der Waals surface area contributed by atoms with Gasteiger partial charge in [-0.25, -0.2) is 4.90 Å². The van der Waals surface area contributed by atoms with Crippen molar-refractivity contribution in [2.45, 2.75) is 6.92 Å². The van der Waals surface area contributed by atoms with Gasteiger partial charge in [0, 0.05) is 31.9 Å². The first kappa shape index (κ1) is 19.6. The largest absolute Gasteiger partial charge is 0.378 e. The Hall–Kier alpha value is -3.13. The van der Waals surface area contributed by atoms with Crippen molar-refractivity contribution in [3.05, 3.63) is 69.1 Å². The maximum Gasteiger partial charge on any atom is 0.272 e. The van der Waals surface area contributed by atoms with Crippen LogP contribution in [0.15, 0.2) is 53.4 Å². The fourth-order valence-electron chi connectivity index (χ4n) is 2.94. The molecule has 0 unspecified atom stereocenters. The lowest BCUT2D eigenvalue weighted by Crippen LogP contribution is -2.31. The highest BCUT2D eigenvalue weighted by Crippen LogP contribution is 2.39. The molecule has 8 heteroatoms. The standard InChI is InChI=1S/C20H19N3O4S/c1-4-28-18-17(13-8-10-14(11-9-13)23(26)27)19(24)22(20(18)25)16-7-5-6-15(12-16)21(2)3/h5-12H,4H2,1-3H3. The predicted octanol–water partition coefficient (Wildman–Crippen LogP) is 3.70. The fraction of sp³-hybridized carbons (Fsp3) is 0.200. The van der Waals surface area contributed by atoms with Gasteiger partial charge >= 0.3 is 0 Å². The fourth-order valence-corrected chi connectivity index (χ4v) is 3.79. The number of amides is 2. The first-order chi connectivity index (χ1) is 13.3. The number of imide groups is 1. The van der Waals surface area contributed by atoms with Crippen LogP contribution in [0.3, 0.4) is 0 Å². The van der Waals surface area contributed by atoms with Crippen LogP contribution < -0.4 is 9.80 Å². The summed E-state index contributed by atoms with van der Waals surface area (Å²) in [5, 5.41) is 10.9. The second kappa shape index (κ2) is 7.85. The number of non-ortho nitro benzene ring substituents is 1. The normalized spacial score (nSPS) is 14.0. The van der Waals surface area contributed by atoms with E-state index in [2.05, 4.69) is 0 Å². The highest BCUT2D eigenvalue weighted by Gasteiger charge is 2.40. The van der Waals surface area contributed by atoms with Crippen LogP contribution in [0.1, 0.15) is 12.5 Å². The summed E-state index contributed by atoms with van der Waals surface area (Å²) >= 11 is 1.30. The molecule has 0 aromatic heterocycles. The Bertz CT molecular complexity index is 983. The number of hydrogen-bond donors (Lipinski definition) is 0. The first-order valence-electron chi connectivity index (χ1n) is 8.63. The Morgan fingerprint density at radius 3 is 2.32 bits per heavy atom. The smallest absolute Gasteiger partial charge is 0.272 e. The van der Waals surface area contributed by atoms with Gasteiger partial charge in [-0.1, -0.05) is 13.0 Å². The van der Waals surface area contributed by atoms with E-state index >= 15 is 0 Å². The first-order valence-corrected chi connectivity index (χ1v) is 9.61. The van der Waals surface area contributed by atoms with E-state index in [0.717, 1.165) is 5.69 Å². The predicted molar refractivity (Wildman–Crippen MR) is 111 cm³/mol. The van der Waals surface area contributed by atoms with Crippen LogP contribution in [0.4, 0.5) is 17.1 Å². The zero-order valence-electron chi connectivity index (χ0n) is 15.7. The van der Waals surface area contributed by atoms with Gasteiger partial charge in [0.25, 0.3) is 17.5 Å². The SMILES string of the molecule is CCSC1=C(c2ccc([N+](=O)[O-])cc2)C(=O)N(c2cccc(N(C)C)c2)C1=O. The molecule has 1 heterocycles. The summed E-state index contributed by atoms with van der Waals surface area (Å²) in [6.07, 6.45) is 0. The Morgan fingerprint density at radius 1 is 1.07 bits per heavy atom. The van der Waals surface area contributed by atoms with E-state index < -0.39 is 10.8 Å². The van der Waals surface area contributed by atoms with Gasteiger partial charge in [0.1, 0.15) is 0 Å². The number of benzene rings is 2. The van der Waals surface area contributed by atoms with Gasteiger partial charge in [-0.15, -0.1) is 11.8 Å². The summed E-state index contributed by atoms with van der Waals surface area (Å²) in [6.45, 7) is 1.90. The van der Waals surface area contributed by atoms with Crippen molar-refractivity contribution >= 4 is 46.2 Å². The van der Waals surface area contributed by atoms with Gasteiger partial charge < -0.3 is 4.90 Å². The van der Waals surface area contributed by atoms with Gasteiger partial charge in [-0.3, -0.25) is 19.7 Å². The van der Waals surface area contributed by atoms with E-state index in [-0.39, 0.29) is 17.2 Å². The minimum absolute atomic E-state index is 0.0682. The van der Waals surface area contributed by atoms with E-state index in [4.69, 9.17) is 0 Å². The van der Waals surface area contributed by atoms with Gasteiger partial charge in [-0.2, -0.15) is 0 Å². The monoisotopic (exact) mass is 397 g/mol. The third-order valence-corrected chi connectivity index (χ3v) is 5.26. The highest BCUT2D eigenvalue weighted by atomic mass is 32.2. The molecule has 0 saturated heterocycles. The number of nitro benzene ring substituents is 1. The molecule has 7 nitrogen and oxygen atoms in total. The van der Waals surface area contributed by atoms with E-state index in [9.17, 15) is 19.7 Å². The van der Waals surface area contributed by atoms with Crippen LogP contribution in [0.25, 0.3) is 5.57 Å². The van der Waals surface area contributed by atoms with Crippen molar-refractivity contribution in [3.8, 4) is 0 Å². The van der Waals surface area contributed by atoms with E-state index in [1.807, 2.05) is 32.0 Å². The Morgan fingerprint density at radius 2 is 1.75 bits per heavy atom. The summed E-state index contributed by atoms with van der Waals surface area (Å²) in [5.74, 6) is -0.178. The van der Waals surface area contributed by atoms with Crippen molar-refractivity contribution < 1.29 is 14.5 Å². The van der Waals surface area contributed by atoms with Gasteiger partial charge in [-0.05, 0) is 41.6 Å². The summed E-state index contributed by atoms with van der Waals surface area (Å²) in [5.41, 5.74) is 2.06. The molecule has 0 saturated carbocycles. The number of nitrogens with zero attached hydrogens (tertiary/aromatic N) is 3. The molecule has 0 radical (unpaired) electrons. The molecule has 2 amide bonds. The van der Waals surface area contributed by atoms with Crippen molar-refractivity contribution in [1.82, 2.24) is 0 Å². The van der Waals surface area contributed by atoms with Gasteiger partial charge in [0.05, 0.1) is 21.1 Å². The molecule has 144 valence electrons. The van der Waals surface area contributed by atoms with Crippen LogP contribution in [0.2, 0.25) is 0 Å². The van der Waals surface area contributed by atoms with Crippen LogP contribution in [-0.2, 0) is 9.59 Å². The maximum absolute atomic E-state index is 13.2. The van der Waals surface area contributed by atoms with E-state index in [1.165, 1.54) is 40.9 Å². The number of thioether (sulfide) groups is 1. The Balaban J connectivity index is 2.06. The molecule has 0 spiro atoms. The molecule has 0 aliphatic carbocycles. The van der Waals surface area contributed by atoms with Gasteiger partial charge in [0.15, 0.2) is 0 Å². The molecule has 0 N–H and O–H groups in total. The number of carbonyl (C=O) groups excluding carboxylic acids is 2. The summed E-state index contributed by atoms with van der Waals surface area (Å²) in [6, 6.07) is 12.9. The van der Waals surface area contributed by atoms with Crippen LogP contribution >= 0.6 is 11.8 Å². The second-order valence-corrected chi connectivity index (χ2v) is 7.58. The molecule has 3 rings (SSSR count). The number of rotatable bonds is 6. The topological polar surface area (TPSA) is 83.8 Å². The molecule has 1 aliphatic rings. The third-order valence-electron chi connectivity index (χ3n) is 4.30. The van der Waals surface area contributed by atoms with Crippen molar-refractivity contribution in [3.63, 3.8) is 0 Å². The summed E-state index contributed by atoms with van der Waals surface area (Å²) in [7, 11) is 3.76. The number of carbonyl (C=O) groups is 2. The average molecular weight is 397 g/mol. The Kier molecular flexibility index (Phi) is 5.51. The summed E-state index contributed by atoms with van der Waals surface area (Å²) < 4.78 is 0. The third kappa shape index (κ3) is 3.50. The minimum atomic E-state index is -0.499. The average Bonchev–Trinajstić information content (AvgIpc) is 2.92. The molecule has 2 aromatic rings. The highest BCUT2D eigenvalue weighted by molar-refractivity contribution is 8.04. The van der Waals surface area contributed by atoms with Crippen molar-refractivity contribution in [2.75, 3.05) is 29.6 Å². The summed E-state index contributed by atoms with van der Waals surface area (Å²) in [4.78, 5) is 40.1. The quantitative estimate of drug-likeness (QED) is 0.420. The van der Waals surface area contributed by atoms with Crippen molar-refractivity contribution in [2.24, 2.45) is 0 Å². The second-order valence-electron chi connectivity index (χ2n) is 6.30. The maximum atomic E-state index is 13.2. The number of hydrogen-bond acceptors (Lipinski definition) is 6. The molecular formula is C20H19N3O4S. The number of anilines is 2. The van der Waals surface area contributed by atoms with Gasteiger partial charge in [0.2, 0.25) is 0 Å². The Labute approximate surface area is 166 Å². The lowest BCUT2D eigenvalue weighted by atomic mass is 10.1.